The van der Waals surface area contributed by atoms with Crippen molar-refractivity contribution >= 4 is 12.0 Å². The van der Waals surface area contributed by atoms with Crippen molar-refractivity contribution in [2.75, 3.05) is 0 Å². The van der Waals surface area contributed by atoms with E-state index in [2.05, 4.69) is 4.74 Å². The highest BCUT2D eigenvalue weighted by Gasteiger charge is 2.31. The molecule has 0 bridgehead atoms. The van der Waals surface area contributed by atoms with Crippen LogP contribution in [-0.2, 0) is 4.79 Å². The Bertz CT molecular complexity index is 810. The fraction of sp³-hybridized carbons (Fsp3) is 0.167. The topological polar surface area (TPSA) is 55.8 Å². The standard InChI is InChI=1S/C18H13F3O4/c19-18(20,21)25-14-7-5-11(6-8-14)16-10-13(17(22)23)9-12-3-1-2-4-15(12)24-16/h1-9,16H,10H2,(H,22,23). The summed E-state index contributed by atoms with van der Waals surface area (Å²) >= 11 is 0. The van der Waals surface area contributed by atoms with E-state index in [0.29, 0.717) is 16.9 Å². The third-order valence-corrected chi connectivity index (χ3v) is 3.68. The maximum absolute atomic E-state index is 12.2. The van der Waals surface area contributed by atoms with Gasteiger partial charge in [0.1, 0.15) is 17.6 Å². The summed E-state index contributed by atoms with van der Waals surface area (Å²) in [6.45, 7) is 0. The summed E-state index contributed by atoms with van der Waals surface area (Å²) in [6, 6.07) is 12.2. The number of carboxylic acid groups (broad SMARTS) is 1. The smallest absolute Gasteiger partial charge is 0.485 e. The number of fused-ring (bicyclic) bond motifs is 1. The number of hydrogen-bond acceptors (Lipinski definition) is 3. The Hall–Kier alpha value is -2.96. The van der Waals surface area contributed by atoms with Crippen molar-refractivity contribution < 1.29 is 32.5 Å². The first kappa shape index (κ1) is 16.9. The second-order valence-corrected chi connectivity index (χ2v) is 5.44. The Morgan fingerprint density at radius 1 is 1.12 bits per heavy atom. The van der Waals surface area contributed by atoms with E-state index >= 15 is 0 Å². The Kier molecular flexibility index (Phi) is 4.39. The van der Waals surface area contributed by atoms with E-state index in [1.165, 1.54) is 24.3 Å². The number of halogens is 3. The van der Waals surface area contributed by atoms with E-state index in [9.17, 15) is 23.1 Å². The second kappa shape index (κ2) is 6.51. The molecule has 1 unspecified atom stereocenters. The number of para-hydroxylation sites is 1. The minimum Gasteiger partial charge on any atom is -0.485 e. The highest BCUT2D eigenvalue weighted by Crippen LogP contribution is 2.36. The molecule has 2 aromatic carbocycles. The summed E-state index contributed by atoms with van der Waals surface area (Å²) in [5.41, 5.74) is 1.35. The van der Waals surface area contributed by atoms with Gasteiger partial charge in [-0.2, -0.15) is 0 Å². The molecule has 25 heavy (non-hydrogen) atoms. The van der Waals surface area contributed by atoms with Crippen molar-refractivity contribution in [3.8, 4) is 11.5 Å². The van der Waals surface area contributed by atoms with Crippen LogP contribution >= 0.6 is 0 Å². The van der Waals surface area contributed by atoms with E-state index in [4.69, 9.17) is 4.74 Å². The minimum atomic E-state index is -4.77. The predicted molar refractivity (Wildman–Crippen MR) is 83.2 cm³/mol. The number of ether oxygens (including phenoxy) is 2. The van der Waals surface area contributed by atoms with Gasteiger partial charge in [0, 0.05) is 17.6 Å². The van der Waals surface area contributed by atoms with Crippen molar-refractivity contribution in [1.82, 2.24) is 0 Å². The van der Waals surface area contributed by atoms with Crippen LogP contribution in [0.5, 0.6) is 11.5 Å². The summed E-state index contributed by atoms with van der Waals surface area (Å²) in [7, 11) is 0. The molecule has 4 nitrogen and oxygen atoms in total. The zero-order valence-electron chi connectivity index (χ0n) is 12.8. The number of aliphatic carboxylic acids is 1. The Labute approximate surface area is 141 Å². The molecule has 0 saturated heterocycles. The lowest BCUT2D eigenvalue weighted by Gasteiger charge is -2.19. The van der Waals surface area contributed by atoms with Gasteiger partial charge < -0.3 is 14.6 Å². The molecular formula is C18H13F3O4. The molecule has 1 aliphatic heterocycles. The Morgan fingerprint density at radius 3 is 2.44 bits per heavy atom. The van der Waals surface area contributed by atoms with E-state index in [0.717, 1.165) is 0 Å². The highest BCUT2D eigenvalue weighted by atomic mass is 19.4. The summed E-state index contributed by atoms with van der Waals surface area (Å²) in [6.07, 6.45) is -3.77. The van der Waals surface area contributed by atoms with Crippen LogP contribution in [0.2, 0.25) is 0 Å². The number of benzene rings is 2. The fourth-order valence-corrected chi connectivity index (χ4v) is 2.57. The number of carbonyl (C=O) groups is 1. The zero-order valence-corrected chi connectivity index (χ0v) is 12.8. The van der Waals surface area contributed by atoms with Gasteiger partial charge >= 0.3 is 12.3 Å². The molecule has 3 rings (SSSR count). The van der Waals surface area contributed by atoms with Gasteiger partial charge in [-0.1, -0.05) is 30.3 Å². The van der Waals surface area contributed by atoms with Gasteiger partial charge in [0.25, 0.3) is 0 Å². The van der Waals surface area contributed by atoms with E-state index < -0.39 is 18.4 Å². The van der Waals surface area contributed by atoms with Crippen LogP contribution in [0.15, 0.2) is 54.1 Å². The first-order valence-electron chi connectivity index (χ1n) is 7.37. The molecule has 1 aliphatic rings. The van der Waals surface area contributed by atoms with Crippen molar-refractivity contribution in [3.63, 3.8) is 0 Å². The SMILES string of the molecule is O=C(O)C1=Cc2ccccc2OC(c2ccc(OC(F)(F)F)cc2)C1. The van der Waals surface area contributed by atoms with Gasteiger partial charge in [0.05, 0.1) is 0 Å². The summed E-state index contributed by atoms with van der Waals surface area (Å²) in [5, 5.41) is 9.36. The van der Waals surface area contributed by atoms with Crippen LogP contribution in [0.1, 0.15) is 23.7 Å². The van der Waals surface area contributed by atoms with Crippen molar-refractivity contribution in [3.05, 3.63) is 65.2 Å². The van der Waals surface area contributed by atoms with E-state index in [1.807, 2.05) is 0 Å². The molecule has 1 atom stereocenters. The third-order valence-electron chi connectivity index (χ3n) is 3.68. The average molecular weight is 350 g/mol. The minimum absolute atomic E-state index is 0.0868. The maximum atomic E-state index is 12.2. The van der Waals surface area contributed by atoms with Crippen LogP contribution in [0.25, 0.3) is 6.08 Å². The van der Waals surface area contributed by atoms with Crippen LogP contribution in [0.4, 0.5) is 13.2 Å². The lowest BCUT2D eigenvalue weighted by molar-refractivity contribution is -0.274. The van der Waals surface area contributed by atoms with Gasteiger partial charge in [-0.25, -0.2) is 4.79 Å². The number of alkyl halides is 3. The quantitative estimate of drug-likeness (QED) is 0.881. The fourth-order valence-electron chi connectivity index (χ4n) is 2.57. The predicted octanol–water partition coefficient (Wildman–Crippen LogP) is 4.58. The van der Waals surface area contributed by atoms with Crippen molar-refractivity contribution in [2.45, 2.75) is 18.9 Å². The first-order chi connectivity index (χ1) is 11.8. The van der Waals surface area contributed by atoms with Crippen LogP contribution in [-0.4, -0.2) is 17.4 Å². The molecule has 0 amide bonds. The maximum Gasteiger partial charge on any atom is 0.573 e. The van der Waals surface area contributed by atoms with Crippen molar-refractivity contribution in [2.24, 2.45) is 0 Å². The third kappa shape index (κ3) is 4.12. The average Bonchev–Trinajstić information content (AvgIpc) is 2.73. The molecule has 0 aromatic heterocycles. The number of hydrogen-bond donors (Lipinski definition) is 1. The van der Waals surface area contributed by atoms with Crippen molar-refractivity contribution in [1.29, 1.82) is 0 Å². The molecule has 2 aromatic rings. The normalized spacial score (nSPS) is 16.9. The lowest BCUT2D eigenvalue weighted by atomic mass is 10.0. The second-order valence-electron chi connectivity index (χ2n) is 5.44. The molecule has 7 heteroatoms. The molecule has 0 aliphatic carbocycles. The van der Waals surface area contributed by atoms with Crippen LogP contribution in [0, 0.1) is 0 Å². The largest absolute Gasteiger partial charge is 0.573 e. The number of carboxylic acids is 1. The first-order valence-corrected chi connectivity index (χ1v) is 7.37. The highest BCUT2D eigenvalue weighted by molar-refractivity contribution is 5.93. The molecule has 1 N–H and O–H groups in total. The van der Waals surface area contributed by atoms with Gasteiger partial charge in [0.15, 0.2) is 0 Å². The summed E-state index contributed by atoms with van der Waals surface area (Å²) < 4.78 is 46.4. The molecule has 0 spiro atoms. The van der Waals surface area contributed by atoms with E-state index in [-0.39, 0.29) is 17.7 Å². The molecule has 1 heterocycles. The Balaban J connectivity index is 1.90. The van der Waals surface area contributed by atoms with Gasteiger partial charge in [-0.15, -0.1) is 13.2 Å². The molecule has 130 valence electrons. The monoisotopic (exact) mass is 350 g/mol. The van der Waals surface area contributed by atoms with Gasteiger partial charge in [-0.3, -0.25) is 0 Å². The molecular weight excluding hydrogens is 337 g/mol. The molecule has 0 fully saturated rings. The molecule has 0 saturated carbocycles. The molecule has 0 radical (unpaired) electrons. The summed E-state index contributed by atoms with van der Waals surface area (Å²) in [5.74, 6) is -0.902. The van der Waals surface area contributed by atoms with E-state index in [1.54, 1.807) is 30.3 Å². The van der Waals surface area contributed by atoms with Crippen LogP contribution in [0.3, 0.4) is 0 Å². The Morgan fingerprint density at radius 2 is 1.80 bits per heavy atom. The van der Waals surface area contributed by atoms with Gasteiger partial charge in [-0.05, 0) is 29.8 Å². The van der Waals surface area contributed by atoms with Crippen LogP contribution < -0.4 is 9.47 Å². The number of rotatable bonds is 3. The lowest BCUT2D eigenvalue weighted by Crippen LogP contribution is -2.17. The zero-order chi connectivity index (χ0) is 18.0. The summed E-state index contributed by atoms with van der Waals surface area (Å²) in [4.78, 5) is 11.4. The van der Waals surface area contributed by atoms with Gasteiger partial charge in [0.2, 0.25) is 0 Å².